The zero-order valence-corrected chi connectivity index (χ0v) is 8.37. The number of rotatable bonds is 2. The first kappa shape index (κ1) is 11.7. The zero-order chi connectivity index (χ0) is 8.32. The average molecular weight is 194 g/mol. The van der Waals surface area contributed by atoms with E-state index in [-0.39, 0.29) is 23.9 Å². The Morgan fingerprint density at radius 1 is 1.42 bits per heavy atom. The summed E-state index contributed by atoms with van der Waals surface area (Å²) in [5.74, 6) is -0.113. The predicted octanol–water partition coefficient (Wildman–Crippen LogP) is 1.11. The van der Waals surface area contributed by atoms with Gasteiger partial charge in [-0.1, -0.05) is 12.8 Å². The summed E-state index contributed by atoms with van der Waals surface area (Å²) < 4.78 is 4.73. The molecule has 12 heavy (non-hydrogen) atoms. The maximum atomic E-state index is 11.3. The van der Waals surface area contributed by atoms with E-state index in [1.54, 1.807) is 0 Å². The van der Waals surface area contributed by atoms with Crippen LogP contribution >= 0.6 is 12.4 Å². The van der Waals surface area contributed by atoms with Crippen molar-refractivity contribution in [3.05, 3.63) is 0 Å². The van der Waals surface area contributed by atoms with Crippen LogP contribution in [0, 0.1) is 0 Å². The Bertz CT molecular complexity index is 155. The number of nitrogens with one attached hydrogen (secondary N) is 1. The number of carbonyl (C=O) groups excluding carboxylic acids is 1. The zero-order valence-electron chi connectivity index (χ0n) is 7.55. The van der Waals surface area contributed by atoms with Gasteiger partial charge >= 0.3 is 5.97 Å². The first-order valence-corrected chi connectivity index (χ1v) is 4.02. The van der Waals surface area contributed by atoms with Crippen molar-refractivity contribution in [3.8, 4) is 0 Å². The van der Waals surface area contributed by atoms with Gasteiger partial charge in [-0.3, -0.25) is 4.79 Å². The smallest absolute Gasteiger partial charge is 0.326 e. The highest BCUT2D eigenvalue weighted by Gasteiger charge is 2.40. The number of halogens is 1. The largest absolute Gasteiger partial charge is 0.468 e. The lowest BCUT2D eigenvalue weighted by Gasteiger charge is -2.24. The van der Waals surface area contributed by atoms with E-state index in [9.17, 15) is 4.79 Å². The van der Waals surface area contributed by atoms with Crippen molar-refractivity contribution in [3.63, 3.8) is 0 Å². The summed E-state index contributed by atoms with van der Waals surface area (Å²) in [6, 6.07) is 0. The van der Waals surface area contributed by atoms with Gasteiger partial charge in [0.25, 0.3) is 0 Å². The highest BCUT2D eigenvalue weighted by molar-refractivity contribution is 5.85. The standard InChI is InChI=1S/C8H15NO2.ClH/c1-9-8(7(10)11-2)5-3-4-6-8;/h9H,3-6H2,1-2H3;1H. The van der Waals surface area contributed by atoms with E-state index in [1.165, 1.54) is 7.11 Å². The van der Waals surface area contributed by atoms with Gasteiger partial charge in [0, 0.05) is 0 Å². The summed E-state index contributed by atoms with van der Waals surface area (Å²) in [5.41, 5.74) is -0.366. The average Bonchev–Trinajstić information content (AvgIpc) is 2.52. The molecule has 0 aromatic heterocycles. The second kappa shape index (κ2) is 4.67. The van der Waals surface area contributed by atoms with Crippen LogP contribution < -0.4 is 5.32 Å². The maximum absolute atomic E-state index is 11.3. The van der Waals surface area contributed by atoms with Crippen LogP contribution in [0.15, 0.2) is 0 Å². The van der Waals surface area contributed by atoms with Crippen LogP contribution in [0.3, 0.4) is 0 Å². The molecule has 0 unspecified atom stereocenters. The molecule has 0 saturated heterocycles. The Hall–Kier alpha value is -0.280. The summed E-state index contributed by atoms with van der Waals surface area (Å²) in [6.07, 6.45) is 4.07. The molecule has 1 saturated carbocycles. The fourth-order valence-corrected chi connectivity index (χ4v) is 1.73. The molecule has 1 N–H and O–H groups in total. The summed E-state index contributed by atoms with van der Waals surface area (Å²) in [6.45, 7) is 0. The van der Waals surface area contributed by atoms with Crippen molar-refractivity contribution in [2.75, 3.05) is 14.2 Å². The molecule has 1 rings (SSSR count). The predicted molar refractivity (Wildman–Crippen MR) is 49.5 cm³/mol. The van der Waals surface area contributed by atoms with Crippen LogP contribution in [0.4, 0.5) is 0 Å². The summed E-state index contributed by atoms with van der Waals surface area (Å²) >= 11 is 0. The lowest BCUT2D eigenvalue weighted by molar-refractivity contribution is -0.148. The second-order valence-corrected chi connectivity index (χ2v) is 3.03. The minimum Gasteiger partial charge on any atom is -0.468 e. The number of ether oxygens (including phenoxy) is 1. The maximum Gasteiger partial charge on any atom is 0.326 e. The Morgan fingerprint density at radius 2 is 1.92 bits per heavy atom. The Morgan fingerprint density at radius 3 is 2.25 bits per heavy atom. The number of methoxy groups -OCH3 is 1. The molecule has 0 heterocycles. The van der Waals surface area contributed by atoms with E-state index in [4.69, 9.17) is 4.74 Å². The number of carbonyl (C=O) groups is 1. The highest BCUT2D eigenvalue weighted by Crippen LogP contribution is 2.30. The van der Waals surface area contributed by atoms with Crippen molar-refractivity contribution in [1.29, 1.82) is 0 Å². The minimum atomic E-state index is -0.366. The number of esters is 1. The van der Waals surface area contributed by atoms with E-state index in [1.807, 2.05) is 7.05 Å². The number of hydrogen-bond donors (Lipinski definition) is 1. The van der Waals surface area contributed by atoms with Gasteiger partial charge in [0.1, 0.15) is 5.54 Å². The topological polar surface area (TPSA) is 38.3 Å². The molecule has 0 aromatic carbocycles. The van der Waals surface area contributed by atoms with Crippen molar-refractivity contribution >= 4 is 18.4 Å². The molecule has 0 aromatic rings. The quantitative estimate of drug-likeness (QED) is 0.668. The fourth-order valence-electron chi connectivity index (χ4n) is 1.73. The molecule has 0 aliphatic heterocycles. The van der Waals surface area contributed by atoms with Crippen LogP contribution in [0.1, 0.15) is 25.7 Å². The Kier molecular flexibility index (Phi) is 4.57. The highest BCUT2D eigenvalue weighted by atomic mass is 35.5. The molecule has 0 radical (unpaired) electrons. The molecule has 0 atom stereocenters. The van der Waals surface area contributed by atoms with Crippen LogP contribution in [0.25, 0.3) is 0 Å². The van der Waals surface area contributed by atoms with E-state index in [2.05, 4.69) is 5.32 Å². The summed E-state index contributed by atoms with van der Waals surface area (Å²) in [7, 11) is 3.27. The minimum absolute atomic E-state index is 0. The van der Waals surface area contributed by atoms with E-state index in [0.717, 1.165) is 25.7 Å². The van der Waals surface area contributed by atoms with Crippen LogP contribution in [0.2, 0.25) is 0 Å². The SMILES string of the molecule is CNC1(C(=O)OC)CCCC1.Cl. The summed E-state index contributed by atoms with van der Waals surface area (Å²) in [4.78, 5) is 11.3. The lowest BCUT2D eigenvalue weighted by Crippen LogP contribution is -2.48. The van der Waals surface area contributed by atoms with Gasteiger partial charge < -0.3 is 10.1 Å². The van der Waals surface area contributed by atoms with Gasteiger partial charge in [-0.15, -0.1) is 12.4 Å². The first-order chi connectivity index (χ1) is 5.25. The molecule has 3 nitrogen and oxygen atoms in total. The molecule has 1 fully saturated rings. The number of hydrogen-bond acceptors (Lipinski definition) is 3. The van der Waals surface area contributed by atoms with Crippen LogP contribution in [0.5, 0.6) is 0 Å². The molecule has 0 amide bonds. The summed E-state index contributed by atoms with van der Waals surface area (Å²) in [5, 5.41) is 3.05. The van der Waals surface area contributed by atoms with Gasteiger partial charge in [0.05, 0.1) is 7.11 Å². The van der Waals surface area contributed by atoms with Crippen molar-refractivity contribution in [2.45, 2.75) is 31.2 Å². The molecule has 0 bridgehead atoms. The lowest BCUT2D eigenvalue weighted by atomic mass is 9.98. The van der Waals surface area contributed by atoms with E-state index < -0.39 is 0 Å². The fraction of sp³-hybridized carbons (Fsp3) is 0.875. The Balaban J connectivity index is 0.00000121. The first-order valence-electron chi connectivity index (χ1n) is 4.02. The second-order valence-electron chi connectivity index (χ2n) is 3.03. The van der Waals surface area contributed by atoms with Gasteiger partial charge in [-0.05, 0) is 19.9 Å². The van der Waals surface area contributed by atoms with Crippen LogP contribution in [-0.4, -0.2) is 25.7 Å². The third-order valence-electron chi connectivity index (χ3n) is 2.51. The van der Waals surface area contributed by atoms with Crippen molar-refractivity contribution in [2.24, 2.45) is 0 Å². The van der Waals surface area contributed by atoms with Crippen molar-refractivity contribution < 1.29 is 9.53 Å². The Labute approximate surface area is 79.3 Å². The third-order valence-corrected chi connectivity index (χ3v) is 2.51. The van der Waals surface area contributed by atoms with Gasteiger partial charge in [0.15, 0.2) is 0 Å². The van der Waals surface area contributed by atoms with Gasteiger partial charge in [-0.25, -0.2) is 0 Å². The normalized spacial score (nSPS) is 19.8. The molecule has 4 heteroatoms. The van der Waals surface area contributed by atoms with E-state index in [0.29, 0.717) is 0 Å². The van der Waals surface area contributed by atoms with Gasteiger partial charge in [0.2, 0.25) is 0 Å². The molecular formula is C8H16ClNO2. The number of likely N-dealkylation sites (N-methyl/N-ethyl adjacent to an activating group) is 1. The molecule has 72 valence electrons. The molecule has 0 spiro atoms. The monoisotopic (exact) mass is 193 g/mol. The van der Waals surface area contributed by atoms with Crippen LogP contribution in [-0.2, 0) is 9.53 Å². The van der Waals surface area contributed by atoms with Crippen molar-refractivity contribution in [1.82, 2.24) is 5.32 Å². The molecule has 1 aliphatic rings. The molecule has 1 aliphatic carbocycles. The van der Waals surface area contributed by atoms with E-state index >= 15 is 0 Å². The van der Waals surface area contributed by atoms with Gasteiger partial charge in [-0.2, -0.15) is 0 Å². The third kappa shape index (κ3) is 1.90. The molecular weight excluding hydrogens is 178 g/mol.